The van der Waals surface area contributed by atoms with Crippen LogP contribution in [0.2, 0.25) is 0 Å². The molecule has 0 aliphatic heterocycles. The molecule has 0 aromatic heterocycles. The molecule has 0 rings (SSSR count). The van der Waals surface area contributed by atoms with Gasteiger partial charge in [0.05, 0.1) is 6.42 Å². The third kappa shape index (κ3) is 6.53. The van der Waals surface area contributed by atoms with Gasteiger partial charge < -0.3 is 5.11 Å². The topological polar surface area (TPSA) is 72.8 Å². The number of carboxylic acid groups (broad SMARTS) is 1. The Hall–Kier alpha value is -1.36. The zero-order valence-corrected chi connectivity index (χ0v) is 5.78. The number of rotatable bonds is 5. The maximum atomic E-state index is 10.2. The van der Waals surface area contributed by atoms with Crippen LogP contribution >= 0.6 is 0 Å². The quantitative estimate of drug-likeness (QED) is 0.267. The second-order valence-corrected chi connectivity index (χ2v) is 1.57. The van der Waals surface area contributed by atoms with Crippen molar-refractivity contribution in [2.24, 2.45) is 0 Å². The molecule has 0 spiro atoms. The molecule has 0 saturated carbocycles. The number of aliphatic carboxylic acids is 1. The van der Waals surface area contributed by atoms with E-state index in [1.54, 1.807) is 0 Å². The summed E-state index contributed by atoms with van der Waals surface area (Å²) in [7, 11) is 0. The monoisotopic (exact) mass is 160 g/mol. The molecular weight excluding hydrogens is 152 g/mol. The van der Waals surface area contributed by atoms with Crippen LogP contribution in [-0.4, -0.2) is 23.7 Å². The molecule has 0 aliphatic rings. The summed E-state index contributed by atoms with van der Waals surface area (Å²) in [5.74, 6) is -1.75. The third-order valence-corrected chi connectivity index (χ3v) is 0.707. The fraction of sp³-hybridized carbons (Fsp3) is 0.333. The Morgan fingerprint density at radius 3 is 2.64 bits per heavy atom. The maximum Gasteiger partial charge on any atom is 0.365 e. The number of carboxylic acids is 1. The molecule has 0 radical (unpaired) electrons. The van der Waals surface area contributed by atoms with Crippen molar-refractivity contribution in [1.82, 2.24) is 0 Å². The highest BCUT2D eigenvalue weighted by Crippen LogP contribution is 1.85. The molecular formula is C6H8O5. The Bertz CT molecular complexity index is 162. The molecule has 0 bridgehead atoms. The largest absolute Gasteiger partial charge is 0.481 e. The second-order valence-electron chi connectivity index (χ2n) is 1.57. The summed E-state index contributed by atoms with van der Waals surface area (Å²) in [4.78, 5) is 28.3. The van der Waals surface area contributed by atoms with Crippen molar-refractivity contribution in [3.05, 3.63) is 12.7 Å². The normalized spacial score (nSPS) is 8.73. The Morgan fingerprint density at radius 2 is 2.18 bits per heavy atom. The van der Waals surface area contributed by atoms with Gasteiger partial charge in [0.1, 0.15) is 6.61 Å². The minimum Gasteiger partial charge on any atom is -0.481 e. The number of carbonyl (C=O) groups is 2. The Balaban J connectivity index is 3.21. The van der Waals surface area contributed by atoms with Gasteiger partial charge in [0.25, 0.3) is 0 Å². The highest BCUT2D eigenvalue weighted by Gasteiger charge is 1.99. The SMILES string of the molecule is C=CC(=O)OOCCC(=O)O. The fourth-order valence-electron chi connectivity index (χ4n) is 0.263. The van der Waals surface area contributed by atoms with Crippen molar-refractivity contribution < 1.29 is 24.5 Å². The van der Waals surface area contributed by atoms with Crippen LogP contribution in [0.15, 0.2) is 12.7 Å². The van der Waals surface area contributed by atoms with Crippen molar-refractivity contribution in [2.45, 2.75) is 6.42 Å². The lowest BCUT2D eigenvalue weighted by molar-refractivity contribution is -0.267. The van der Waals surface area contributed by atoms with Crippen molar-refractivity contribution in [3.63, 3.8) is 0 Å². The van der Waals surface area contributed by atoms with Crippen LogP contribution in [-0.2, 0) is 19.4 Å². The Morgan fingerprint density at radius 1 is 1.55 bits per heavy atom. The fourth-order valence-corrected chi connectivity index (χ4v) is 0.263. The summed E-state index contributed by atoms with van der Waals surface area (Å²) in [6.07, 6.45) is 0.713. The molecule has 0 atom stereocenters. The predicted molar refractivity (Wildman–Crippen MR) is 34.5 cm³/mol. The number of hydrogen-bond donors (Lipinski definition) is 1. The Labute approximate surface area is 63.1 Å². The highest BCUT2D eigenvalue weighted by atomic mass is 17.2. The first-order chi connectivity index (χ1) is 5.16. The van der Waals surface area contributed by atoms with Crippen LogP contribution in [0.3, 0.4) is 0 Å². The van der Waals surface area contributed by atoms with Gasteiger partial charge in [-0.1, -0.05) is 6.58 Å². The van der Waals surface area contributed by atoms with E-state index >= 15 is 0 Å². The molecule has 5 nitrogen and oxygen atoms in total. The molecule has 0 heterocycles. The molecule has 62 valence electrons. The zero-order chi connectivity index (χ0) is 8.69. The van der Waals surface area contributed by atoms with Gasteiger partial charge in [-0.3, -0.25) is 9.68 Å². The summed E-state index contributed by atoms with van der Waals surface area (Å²) < 4.78 is 0. The maximum absolute atomic E-state index is 10.2. The van der Waals surface area contributed by atoms with Crippen molar-refractivity contribution >= 4 is 11.9 Å². The van der Waals surface area contributed by atoms with Gasteiger partial charge in [-0.25, -0.2) is 4.79 Å². The first-order valence-electron chi connectivity index (χ1n) is 2.84. The molecule has 5 heteroatoms. The summed E-state index contributed by atoms with van der Waals surface area (Å²) in [5.41, 5.74) is 0. The smallest absolute Gasteiger partial charge is 0.365 e. The first kappa shape index (κ1) is 9.64. The lowest BCUT2D eigenvalue weighted by Crippen LogP contribution is -2.06. The van der Waals surface area contributed by atoms with Crippen LogP contribution < -0.4 is 0 Å². The number of hydrogen-bond acceptors (Lipinski definition) is 4. The van der Waals surface area contributed by atoms with E-state index in [0.717, 1.165) is 6.08 Å². The molecule has 0 unspecified atom stereocenters. The lowest BCUT2D eigenvalue weighted by atomic mass is 10.5. The van der Waals surface area contributed by atoms with E-state index in [1.165, 1.54) is 0 Å². The van der Waals surface area contributed by atoms with Crippen molar-refractivity contribution in [2.75, 3.05) is 6.61 Å². The first-order valence-corrected chi connectivity index (χ1v) is 2.84. The molecule has 0 fully saturated rings. The third-order valence-electron chi connectivity index (χ3n) is 0.707. The predicted octanol–water partition coefficient (Wildman–Crippen LogP) is 0.122. The van der Waals surface area contributed by atoms with Gasteiger partial charge in [0, 0.05) is 6.08 Å². The van der Waals surface area contributed by atoms with Crippen molar-refractivity contribution in [1.29, 1.82) is 0 Å². The number of carbonyl (C=O) groups excluding carboxylic acids is 1. The van der Waals surface area contributed by atoms with Crippen LogP contribution in [0, 0.1) is 0 Å². The Kier molecular flexibility index (Phi) is 4.76. The summed E-state index contributed by atoms with van der Waals surface area (Å²) in [6.45, 7) is 2.95. The lowest BCUT2D eigenvalue weighted by Gasteiger charge is -1.97. The van der Waals surface area contributed by atoms with Crippen molar-refractivity contribution in [3.8, 4) is 0 Å². The van der Waals surface area contributed by atoms with E-state index in [-0.39, 0.29) is 13.0 Å². The average molecular weight is 160 g/mol. The van der Waals surface area contributed by atoms with Gasteiger partial charge >= 0.3 is 11.9 Å². The summed E-state index contributed by atoms with van der Waals surface area (Å²) in [6, 6.07) is 0. The molecule has 0 aromatic carbocycles. The molecule has 11 heavy (non-hydrogen) atoms. The molecule has 1 N–H and O–H groups in total. The van der Waals surface area contributed by atoms with E-state index in [1.807, 2.05) is 0 Å². The van der Waals surface area contributed by atoms with Gasteiger partial charge in [0.2, 0.25) is 0 Å². The highest BCUT2D eigenvalue weighted by molar-refractivity contribution is 5.80. The summed E-state index contributed by atoms with van der Waals surface area (Å²) in [5, 5.41) is 8.10. The van der Waals surface area contributed by atoms with Gasteiger partial charge in [0.15, 0.2) is 0 Å². The second kappa shape index (κ2) is 5.43. The molecule has 0 saturated heterocycles. The molecule has 0 aromatic rings. The minimum absolute atomic E-state index is 0.158. The van der Waals surface area contributed by atoms with Gasteiger partial charge in [-0.2, -0.15) is 4.89 Å². The minimum atomic E-state index is -1.01. The average Bonchev–Trinajstić information content (AvgIpc) is 1.97. The molecule has 0 amide bonds. The molecule has 0 aliphatic carbocycles. The van der Waals surface area contributed by atoms with Crippen LogP contribution in [0.1, 0.15) is 6.42 Å². The van der Waals surface area contributed by atoms with Crippen LogP contribution in [0.4, 0.5) is 0 Å². The van der Waals surface area contributed by atoms with E-state index in [0.29, 0.717) is 0 Å². The zero-order valence-electron chi connectivity index (χ0n) is 5.78. The van der Waals surface area contributed by atoms with E-state index in [4.69, 9.17) is 5.11 Å². The van der Waals surface area contributed by atoms with E-state index in [2.05, 4.69) is 16.4 Å². The van der Waals surface area contributed by atoms with Gasteiger partial charge in [-0.05, 0) is 0 Å². The summed E-state index contributed by atoms with van der Waals surface area (Å²) >= 11 is 0. The van der Waals surface area contributed by atoms with Crippen LogP contribution in [0.25, 0.3) is 0 Å². The van der Waals surface area contributed by atoms with Crippen LogP contribution in [0.5, 0.6) is 0 Å². The van der Waals surface area contributed by atoms with E-state index < -0.39 is 11.9 Å². The van der Waals surface area contributed by atoms with E-state index in [9.17, 15) is 9.59 Å². The standard InChI is InChI=1S/C6H8O5/c1-2-6(9)11-10-4-3-5(7)8/h2H,1,3-4H2,(H,7,8). The van der Waals surface area contributed by atoms with Gasteiger partial charge in [-0.15, -0.1) is 0 Å².